The van der Waals surface area contributed by atoms with Crippen molar-refractivity contribution in [3.05, 3.63) is 17.4 Å². The molecule has 0 radical (unpaired) electrons. The highest BCUT2D eigenvalue weighted by molar-refractivity contribution is 6.30. The van der Waals surface area contributed by atoms with Crippen molar-refractivity contribution in [3.8, 4) is 0 Å². The molecule has 1 saturated carbocycles. The van der Waals surface area contributed by atoms with Gasteiger partial charge in [0, 0.05) is 12.2 Å². The van der Waals surface area contributed by atoms with Crippen molar-refractivity contribution in [2.75, 3.05) is 0 Å². The van der Waals surface area contributed by atoms with Gasteiger partial charge in [0.25, 0.3) is 0 Å². The number of carbonyl (C=O) groups excluding carboxylic acids is 1. The molecule has 1 fully saturated rings. The molecule has 2 rings (SSSR count). The number of aromatic nitrogens is 2. The van der Waals surface area contributed by atoms with Crippen molar-refractivity contribution in [1.29, 1.82) is 0 Å². The third-order valence-electron chi connectivity index (χ3n) is 3.12. The first-order valence-electron chi connectivity index (χ1n) is 5.52. The van der Waals surface area contributed by atoms with Gasteiger partial charge in [-0.1, -0.05) is 11.6 Å². The smallest absolute Gasteiger partial charge is 0.247 e. The summed E-state index contributed by atoms with van der Waals surface area (Å²) in [6.07, 6.45) is 6.59. The molecular weight excluding hydrogens is 226 g/mol. The van der Waals surface area contributed by atoms with Crippen molar-refractivity contribution in [1.82, 2.24) is 15.1 Å². The van der Waals surface area contributed by atoms with Crippen LogP contribution in [0.3, 0.4) is 0 Å². The van der Waals surface area contributed by atoms with Gasteiger partial charge in [-0.15, -0.1) is 0 Å². The second-order valence-electron chi connectivity index (χ2n) is 4.76. The highest BCUT2D eigenvalue weighted by atomic mass is 35.5. The maximum absolute atomic E-state index is 12.1. The number of hydrogen-bond donors (Lipinski definition) is 1. The van der Waals surface area contributed by atoms with Crippen LogP contribution in [0.4, 0.5) is 0 Å². The molecule has 0 atom stereocenters. The third kappa shape index (κ3) is 2.07. The molecule has 0 aromatic carbocycles. The summed E-state index contributed by atoms with van der Waals surface area (Å²) in [5.41, 5.74) is -0.692. The zero-order valence-corrected chi connectivity index (χ0v) is 10.3. The number of halogens is 1. The highest BCUT2D eigenvalue weighted by Crippen LogP contribution is 2.22. The molecule has 16 heavy (non-hydrogen) atoms. The van der Waals surface area contributed by atoms with Gasteiger partial charge in [-0.2, -0.15) is 5.10 Å². The van der Waals surface area contributed by atoms with Crippen LogP contribution in [0.15, 0.2) is 12.4 Å². The first-order chi connectivity index (χ1) is 7.50. The summed E-state index contributed by atoms with van der Waals surface area (Å²) in [7, 11) is 0. The fourth-order valence-corrected chi connectivity index (χ4v) is 1.76. The summed E-state index contributed by atoms with van der Waals surface area (Å²) in [5, 5.41) is 7.65. The summed E-state index contributed by atoms with van der Waals surface area (Å²) in [6.45, 7) is 3.68. The number of hydrogen-bond acceptors (Lipinski definition) is 2. The standard InChI is InChI=1S/C11H16ClN3O/c1-11(2,15-7-8(12)6-13-15)10(16)14-9-4-3-5-9/h6-7,9H,3-5H2,1-2H3,(H,14,16). The largest absolute Gasteiger partial charge is 0.351 e. The molecule has 1 aliphatic rings. The fourth-order valence-electron chi connectivity index (χ4n) is 1.63. The van der Waals surface area contributed by atoms with Crippen LogP contribution in [-0.2, 0) is 10.3 Å². The number of nitrogens with zero attached hydrogens (tertiary/aromatic N) is 2. The minimum absolute atomic E-state index is 0.00281. The van der Waals surface area contributed by atoms with E-state index in [4.69, 9.17) is 11.6 Å². The normalized spacial score (nSPS) is 16.9. The summed E-state index contributed by atoms with van der Waals surface area (Å²) in [5.74, 6) is -0.00281. The predicted octanol–water partition coefficient (Wildman–Crippen LogP) is 1.94. The molecule has 0 unspecified atom stereocenters. The van der Waals surface area contributed by atoms with Gasteiger partial charge in [0.05, 0.1) is 11.2 Å². The predicted molar refractivity (Wildman–Crippen MR) is 62.3 cm³/mol. The topological polar surface area (TPSA) is 46.9 Å². The molecule has 5 heteroatoms. The lowest BCUT2D eigenvalue weighted by Gasteiger charge is -2.31. The second kappa shape index (κ2) is 4.09. The fraction of sp³-hybridized carbons (Fsp3) is 0.636. The van der Waals surface area contributed by atoms with Gasteiger partial charge >= 0.3 is 0 Å². The minimum atomic E-state index is -0.692. The molecule has 1 aromatic rings. The van der Waals surface area contributed by atoms with E-state index >= 15 is 0 Å². The SMILES string of the molecule is CC(C)(C(=O)NC1CCC1)n1cc(Cl)cn1. The molecule has 1 aromatic heterocycles. The Morgan fingerprint density at radius 3 is 2.75 bits per heavy atom. The molecule has 1 heterocycles. The summed E-state index contributed by atoms with van der Waals surface area (Å²) in [4.78, 5) is 12.1. The van der Waals surface area contributed by atoms with E-state index in [1.807, 2.05) is 13.8 Å². The Morgan fingerprint density at radius 1 is 1.62 bits per heavy atom. The van der Waals surface area contributed by atoms with E-state index in [2.05, 4.69) is 10.4 Å². The molecule has 1 aliphatic carbocycles. The molecule has 1 N–H and O–H groups in total. The van der Waals surface area contributed by atoms with Crippen LogP contribution in [0.5, 0.6) is 0 Å². The van der Waals surface area contributed by atoms with Crippen LogP contribution in [-0.4, -0.2) is 21.7 Å². The van der Waals surface area contributed by atoms with Crippen molar-refractivity contribution in [3.63, 3.8) is 0 Å². The van der Waals surface area contributed by atoms with Crippen LogP contribution < -0.4 is 5.32 Å². The van der Waals surface area contributed by atoms with Gasteiger partial charge in [0.1, 0.15) is 5.54 Å². The number of rotatable bonds is 3. The summed E-state index contributed by atoms with van der Waals surface area (Å²) in [6, 6.07) is 0.345. The lowest BCUT2D eigenvalue weighted by Crippen LogP contribution is -2.50. The van der Waals surface area contributed by atoms with Gasteiger partial charge in [-0.05, 0) is 33.1 Å². The van der Waals surface area contributed by atoms with Crippen LogP contribution >= 0.6 is 11.6 Å². The lowest BCUT2D eigenvalue weighted by atomic mass is 9.92. The quantitative estimate of drug-likeness (QED) is 0.879. The van der Waals surface area contributed by atoms with E-state index < -0.39 is 5.54 Å². The number of amides is 1. The Balaban J connectivity index is 2.07. The second-order valence-corrected chi connectivity index (χ2v) is 5.20. The van der Waals surface area contributed by atoms with E-state index in [9.17, 15) is 4.79 Å². The molecule has 0 aliphatic heterocycles. The monoisotopic (exact) mass is 241 g/mol. The molecule has 88 valence electrons. The van der Waals surface area contributed by atoms with Crippen molar-refractivity contribution in [2.24, 2.45) is 0 Å². The average Bonchev–Trinajstić information content (AvgIpc) is 2.58. The molecule has 0 bridgehead atoms. The van der Waals surface area contributed by atoms with E-state index in [1.165, 1.54) is 6.42 Å². The molecule has 0 saturated heterocycles. The van der Waals surface area contributed by atoms with Gasteiger partial charge in [0.15, 0.2) is 0 Å². The van der Waals surface area contributed by atoms with Crippen molar-refractivity contribution < 1.29 is 4.79 Å². The van der Waals surface area contributed by atoms with E-state index in [0.29, 0.717) is 11.1 Å². The third-order valence-corrected chi connectivity index (χ3v) is 3.32. The maximum Gasteiger partial charge on any atom is 0.247 e. The Morgan fingerprint density at radius 2 is 2.31 bits per heavy atom. The zero-order valence-electron chi connectivity index (χ0n) is 9.53. The first-order valence-corrected chi connectivity index (χ1v) is 5.89. The summed E-state index contributed by atoms with van der Waals surface area (Å²) >= 11 is 5.80. The van der Waals surface area contributed by atoms with E-state index in [0.717, 1.165) is 12.8 Å². The van der Waals surface area contributed by atoms with Gasteiger partial charge in [-0.25, -0.2) is 0 Å². The minimum Gasteiger partial charge on any atom is -0.351 e. The van der Waals surface area contributed by atoms with Crippen LogP contribution in [0.25, 0.3) is 0 Å². The van der Waals surface area contributed by atoms with E-state index in [-0.39, 0.29) is 5.91 Å². The Kier molecular flexibility index (Phi) is 2.93. The van der Waals surface area contributed by atoms with Crippen LogP contribution in [0.2, 0.25) is 5.02 Å². The van der Waals surface area contributed by atoms with Crippen LogP contribution in [0, 0.1) is 0 Å². The molecule has 4 nitrogen and oxygen atoms in total. The maximum atomic E-state index is 12.1. The van der Waals surface area contributed by atoms with Crippen LogP contribution in [0.1, 0.15) is 33.1 Å². The first kappa shape index (κ1) is 11.5. The summed E-state index contributed by atoms with van der Waals surface area (Å²) < 4.78 is 1.60. The molecule has 1 amide bonds. The van der Waals surface area contributed by atoms with Gasteiger partial charge < -0.3 is 5.32 Å². The van der Waals surface area contributed by atoms with Crippen molar-refractivity contribution in [2.45, 2.75) is 44.7 Å². The van der Waals surface area contributed by atoms with Gasteiger partial charge in [0.2, 0.25) is 5.91 Å². The Labute approximate surface area is 100.0 Å². The van der Waals surface area contributed by atoms with Crippen molar-refractivity contribution >= 4 is 17.5 Å². The lowest BCUT2D eigenvalue weighted by molar-refractivity contribution is -0.130. The average molecular weight is 242 g/mol. The Bertz CT molecular complexity index is 396. The van der Waals surface area contributed by atoms with E-state index in [1.54, 1.807) is 17.1 Å². The zero-order chi connectivity index (χ0) is 11.8. The number of nitrogens with one attached hydrogen (secondary N) is 1. The molecule has 0 spiro atoms. The van der Waals surface area contributed by atoms with Gasteiger partial charge in [-0.3, -0.25) is 9.48 Å². The molecular formula is C11H16ClN3O. The highest BCUT2D eigenvalue weighted by Gasteiger charge is 2.33. The number of carbonyl (C=O) groups is 1. The Hall–Kier alpha value is -1.03.